The predicted molar refractivity (Wildman–Crippen MR) is 94.1 cm³/mol. The lowest BCUT2D eigenvalue weighted by molar-refractivity contribution is -0.129. The number of benzene rings is 1. The zero-order chi connectivity index (χ0) is 18.5. The lowest BCUT2D eigenvalue weighted by atomic mass is 9.90. The number of ketones is 1. The van der Waals surface area contributed by atoms with Crippen molar-refractivity contribution in [1.82, 2.24) is 9.88 Å². The average molecular weight is 349 g/mol. The van der Waals surface area contributed by atoms with Crippen LogP contribution in [0.2, 0.25) is 0 Å². The van der Waals surface area contributed by atoms with Crippen molar-refractivity contribution >= 4 is 11.7 Å². The summed E-state index contributed by atoms with van der Waals surface area (Å²) in [5.41, 5.74) is 1.40. The van der Waals surface area contributed by atoms with Crippen LogP contribution in [0.4, 0.5) is 0 Å². The summed E-state index contributed by atoms with van der Waals surface area (Å²) < 4.78 is 5.13. The summed E-state index contributed by atoms with van der Waals surface area (Å²) in [6.45, 7) is 0.766. The van der Waals surface area contributed by atoms with E-state index in [4.69, 9.17) is 4.74 Å². The fourth-order valence-corrected chi connectivity index (χ4v) is 3.12. The van der Waals surface area contributed by atoms with Crippen LogP contribution in [-0.2, 0) is 16.1 Å². The van der Waals surface area contributed by atoms with Gasteiger partial charge in [0.25, 0.3) is 0 Å². The number of hydrogen-bond acceptors (Lipinski definition) is 5. The molecule has 1 aromatic carbocycles. The van der Waals surface area contributed by atoms with Crippen molar-refractivity contribution < 1.29 is 14.3 Å². The third-order valence-corrected chi connectivity index (χ3v) is 4.55. The largest absolute Gasteiger partial charge is 0.497 e. The van der Waals surface area contributed by atoms with Gasteiger partial charge < -0.3 is 9.64 Å². The molecule has 1 amide bonds. The highest BCUT2D eigenvalue weighted by molar-refractivity contribution is 5.95. The summed E-state index contributed by atoms with van der Waals surface area (Å²) in [6, 6.07) is 14.6. The number of nitrogens with zero attached hydrogens (tertiary/aromatic N) is 3. The van der Waals surface area contributed by atoms with E-state index in [1.165, 1.54) is 0 Å². The average Bonchev–Trinajstić information content (AvgIpc) is 3.04. The number of ether oxygens (including phenoxy) is 1. The highest BCUT2D eigenvalue weighted by Gasteiger charge is 2.38. The van der Waals surface area contributed by atoms with Crippen molar-refractivity contribution in [2.75, 3.05) is 13.7 Å². The normalized spacial score (nSPS) is 17.6. The minimum atomic E-state index is -0.935. The van der Waals surface area contributed by atoms with E-state index in [0.29, 0.717) is 18.8 Å². The maximum absolute atomic E-state index is 12.7. The Morgan fingerprint density at radius 2 is 2.12 bits per heavy atom. The molecule has 1 aromatic heterocycles. The fraction of sp³-hybridized carbons (Fsp3) is 0.300. The van der Waals surface area contributed by atoms with Gasteiger partial charge in [0.2, 0.25) is 5.91 Å². The second kappa shape index (κ2) is 7.79. The van der Waals surface area contributed by atoms with E-state index in [0.717, 1.165) is 11.3 Å². The molecule has 0 saturated carbocycles. The summed E-state index contributed by atoms with van der Waals surface area (Å²) in [5.74, 6) is -0.974. The van der Waals surface area contributed by atoms with Crippen LogP contribution in [-0.4, -0.2) is 35.2 Å². The first kappa shape index (κ1) is 17.6. The van der Waals surface area contributed by atoms with Gasteiger partial charge in [-0.3, -0.25) is 14.6 Å². The predicted octanol–water partition coefficient (Wildman–Crippen LogP) is 2.32. The van der Waals surface area contributed by atoms with E-state index in [2.05, 4.69) is 4.98 Å². The molecule has 1 fully saturated rings. The van der Waals surface area contributed by atoms with E-state index in [1.807, 2.05) is 30.3 Å². The third-order valence-electron chi connectivity index (χ3n) is 4.55. The van der Waals surface area contributed by atoms with E-state index in [-0.39, 0.29) is 18.1 Å². The highest BCUT2D eigenvalue weighted by atomic mass is 16.5. The Morgan fingerprint density at radius 1 is 1.35 bits per heavy atom. The van der Waals surface area contributed by atoms with E-state index in [1.54, 1.807) is 36.4 Å². The zero-order valence-corrected chi connectivity index (χ0v) is 14.5. The summed E-state index contributed by atoms with van der Waals surface area (Å²) in [7, 11) is 1.60. The Labute approximate surface area is 152 Å². The van der Waals surface area contributed by atoms with Crippen molar-refractivity contribution in [3.05, 3.63) is 59.9 Å². The van der Waals surface area contributed by atoms with Crippen molar-refractivity contribution in [3.63, 3.8) is 0 Å². The fourth-order valence-electron chi connectivity index (χ4n) is 3.12. The molecule has 6 heteroatoms. The Balaban J connectivity index is 1.68. The Kier molecular flexibility index (Phi) is 5.28. The minimum absolute atomic E-state index is 0.0723. The van der Waals surface area contributed by atoms with E-state index >= 15 is 0 Å². The first-order valence-corrected chi connectivity index (χ1v) is 8.37. The number of methoxy groups -OCH3 is 1. The van der Waals surface area contributed by atoms with Crippen LogP contribution >= 0.6 is 0 Å². The molecular formula is C20H19N3O3. The summed E-state index contributed by atoms with van der Waals surface area (Å²) >= 11 is 0. The lowest BCUT2D eigenvalue weighted by Crippen LogP contribution is -2.27. The molecule has 2 heterocycles. The molecule has 1 saturated heterocycles. The van der Waals surface area contributed by atoms with Crippen LogP contribution in [0.25, 0.3) is 0 Å². The van der Waals surface area contributed by atoms with Gasteiger partial charge in [-0.25, -0.2) is 0 Å². The van der Waals surface area contributed by atoms with Crippen molar-refractivity contribution in [3.8, 4) is 11.8 Å². The van der Waals surface area contributed by atoms with Gasteiger partial charge in [-0.05, 0) is 29.8 Å². The molecule has 0 unspecified atom stereocenters. The monoisotopic (exact) mass is 349 g/mol. The maximum atomic E-state index is 12.7. The van der Waals surface area contributed by atoms with Gasteiger partial charge in [0, 0.05) is 31.6 Å². The quantitative estimate of drug-likeness (QED) is 0.799. The van der Waals surface area contributed by atoms with Gasteiger partial charge >= 0.3 is 0 Å². The highest BCUT2D eigenvalue weighted by Crippen LogP contribution is 2.27. The molecule has 1 aliphatic rings. The molecule has 0 radical (unpaired) electrons. The number of pyridine rings is 1. The van der Waals surface area contributed by atoms with Crippen LogP contribution in [0.15, 0.2) is 48.7 Å². The second-order valence-electron chi connectivity index (χ2n) is 6.24. The van der Waals surface area contributed by atoms with E-state index < -0.39 is 11.8 Å². The number of carbonyl (C=O) groups is 2. The van der Waals surface area contributed by atoms with Crippen molar-refractivity contribution in [2.45, 2.75) is 18.9 Å². The molecule has 1 aliphatic heterocycles. The topological polar surface area (TPSA) is 83.3 Å². The number of nitriles is 1. The first-order valence-electron chi connectivity index (χ1n) is 8.37. The molecule has 132 valence electrons. The van der Waals surface area contributed by atoms with Gasteiger partial charge in [-0.1, -0.05) is 18.2 Å². The number of likely N-dealkylation sites (tertiary alicyclic amines) is 1. The smallest absolute Gasteiger partial charge is 0.223 e. The number of carbonyl (C=O) groups excluding carboxylic acids is 2. The number of amides is 1. The standard InChI is InChI=1S/C20H19N3O3/c1-26-16-7-5-14(6-8-16)12-23-13-15(10-19(23)24)20(25)17(11-21)18-4-2-3-9-22-18/h2-9,15,17H,10,12-13H2,1H3/t15-,17+/m0/s1. The van der Waals surface area contributed by atoms with Crippen molar-refractivity contribution in [1.29, 1.82) is 5.26 Å². The van der Waals surface area contributed by atoms with Gasteiger partial charge in [0.05, 0.1) is 18.9 Å². The second-order valence-corrected chi connectivity index (χ2v) is 6.24. The Hall–Kier alpha value is -3.20. The number of hydrogen-bond donors (Lipinski definition) is 0. The molecule has 2 atom stereocenters. The van der Waals surface area contributed by atoms with Crippen LogP contribution < -0.4 is 4.74 Å². The summed E-state index contributed by atoms with van der Waals surface area (Å²) in [6.07, 6.45) is 1.70. The first-order chi connectivity index (χ1) is 12.6. The van der Waals surface area contributed by atoms with E-state index in [9.17, 15) is 14.9 Å². The van der Waals surface area contributed by atoms with Crippen LogP contribution in [0.5, 0.6) is 5.75 Å². The number of Topliss-reactive ketones (excluding diaryl/α,β-unsaturated/α-hetero) is 1. The van der Waals surface area contributed by atoms with Crippen LogP contribution in [0.3, 0.4) is 0 Å². The molecule has 0 aliphatic carbocycles. The molecule has 0 bridgehead atoms. The minimum Gasteiger partial charge on any atom is -0.497 e. The van der Waals surface area contributed by atoms with Gasteiger partial charge in [-0.2, -0.15) is 5.26 Å². The third kappa shape index (κ3) is 3.72. The zero-order valence-electron chi connectivity index (χ0n) is 14.5. The Bertz CT molecular complexity index is 828. The van der Waals surface area contributed by atoms with Gasteiger partial charge in [-0.15, -0.1) is 0 Å². The molecule has 0 N–H and O–H groups in total. The molecular weight excluding hydrogens is 330 g/mol. The SMILES string of the molecule is COc1ccc(CN2C[C@@H](C(=O)[C@H](C#N)c3ccccn3)CC2=O)cc1. The number of aromatic nitrogens is 1. The van der Waals surface area contributed by atoms with Crippen LogP contribution in [0, 0.1) is 17.2 Å². The summed E-state index contributed by atoms with van der Waals surface area (Å²) in [4.78, 5) is 30.8. The van der Waals surface area contributed by atoms with Gasteiger partial charge in [0.1, 0.15) is 11.7 Å². The lowest BCUT2D eigenvalue weighted by Gasteiger charge is -2.17. The summed E-state index contributed by atoms with van der Waals surface area (Å²) in [5, 5.41) is 9.41. The molecule has 3 rings (SSSR count). The molecule has 6 nitrogen and oxygen atoms in total. The maximum Gasteiger partial charge on any atom is 0.223 e. The molecule has 26 heavy (non-hydrogen) atoms. The van der Waals surface area contributed by atoms with Gasteiger partial charge in [0.15, 0.2) is 5.78 Å². The molecule has 2 aromatic rings. The number of rotatable bonds is 6. The molecule has 0 spiro atoms. The van der Waals surface area contributed by atoms with Crippen LogP contribution in [0.1, 0.15) is 23.6 Å². The Morgan fingerprint density at radius 3 is 2.73 bits per heavy atom. The van der Waals surface area contributed by atoms with Crippen molar-refractivity contribution in [2.24, 2.45) is 5.92 Å².